The summed E-state index contributed by atoms with van der Waals surface area (Å²) in [5.74, 6) is 1.28. The highest BCUT2D eigenvalue weighted by Gasteiger charge is 2.06. The van der Waals surface area contributed by atoms with E-state index in [2.05, 4.69) is 34.8 Å². The summed E-state index contributed by atoms with van der Waals surface area (Å²) in [6.45, 7) is 7.26. The molecule has 0 saturated carbocycles. The van der Waals surface area contributed by atoms with E-state index in [1.807, 2.05) is 43.3 Å². The van der Waals surface area contributed by atoms with Crippen LogP contribution in [0, 0.1) is 5.92 Å². The van der Waals surface area contributed by atoms with Crippen LogP contribution in [-0.2, 0) is 6.54 Å². The van der Waals surface area contributed by atoms with Gasteiger partial charge in [0.25, 0.3) is 5.91 Å². The van der Waals surface area contributed by atoms with E-state index in [0.717, 1.165) is 24.6 Å². The Morgan fingerprint density at radius 2 is 1.96 bits per heavy atom. The van der Waals surface area contributed by atoms with E-state index in [9.17, 15) is 4.79 Å². The van der Waals surface area contributed by atoms with Gasteiger partial charge in [-0.15, -0.1) is 0 Å². The number of carbonyl (C=O) groups is 1. The number of nitrogens with one attached hydrogen (secondary N) is 3. The average molecular weight is 333 g/mol. The first-order chi connectivity index (χ1) is 11.4. The van der Waals surface area contributed by atoms with Gasteiger partial charge in [0, 0.05) is 38.8 Å². The zero-order valence-corrected chi connectivity index (χ0v) is 15.5. The van der Waals surface area contributed by atoms with Crippen molar-refractivity contribution < 1.29 is 4.79 Å². The van der Waals surface area contributed by atoms with Crippen molar-refractivity contribution in [3.63, 3.8) is 0 Å². The number of nitrogens with zero attached hydrogens (tertiary/aromatic N) is 2. The molecule has 0 aromatic heterocycles. The van der Waals surface area contributed by atoms with Gasteiger partial charge in [0.05, 0.1) is 0 Å². The fourth-order valence-electron chi connectivity index (χ4n) is 2.02. The first-order valence-electron chi connectivity index (χ1n) is 8.38. The Morgan fingerprint density at radius 3 is 2.58 bits per heavy atom. The molecule has 0 unspecified atom stereocenters. The zero-order chi connectivity index (χ0) is 17.9. The van der Waals surface area contributed by atoms with Gasteiger partial charge in [0.15, 0.2) is 5.96 Å². The molecule has 0 atom stereocenters. The van der Waals surface area contributed by atoms with Crippen LogP contribution in [0.5, 0.6) is 0 Å². The number of hydrogen-bond acceptors (Lipinski definition) is 3. The quantitative estimate of drug-likeness (QED) is 0.495. The van der Waals surface area contributed by atoms with Crippen molar-refractivity contribution in [1.82, 2.24) is 20.9 Å². The van der Waals surface area contributed by atoms with Gasteiger partial charge in [-0.25, -0.2) is 0 Å². The van der Waals surface area contributed by atoms with Gasteiger partial charge in [-0.3, -0.25) is 9.79 Å². The van der Waals surface area contributed by atoms with Crippen LogP contribution in [0.3, 0.4) is 0 Å². The minimum Gasteiger partial charge on any atom is -0.356 e. The first kappa shape index (κ1) is 20.0. The summed E-state index contributed by atoms with van der Waals surface area (Å²) in [6, 6.07) is 7.65. The molecule has 134 valence electrons. The second-order valence-electron chi connectivity index (χ2n) is 6.46. The number of amides is 1. The Balaban J connectivity index is 2.54. The normalized spacial score (nSPS) is 11.7. The lowest BCUT2D eigenvalue weighted by Crippen LogP contribution is -2.38. The average Bonchev–Trinajstić information content (AvgIpc) is 2.54. The van der Waals surface area contributed by atoms with Crippen molar-refractivity contribution in [3.8, 4) is 0 Å². The van der Waals surface area contributed by atoms with Gasteiger partial charge in [0.1, 0.15) is 0 Å². The van der Waals surface area contributed by atoms with Crippen LogP contribution in [-0.4, -0.2) is 57.5 Å². The third kappa shape index (κ3) is 7.97. The number of rotatable bonds is 8. The summed E-state index contributed by atoms with van der Waals surface area (Å²) >= 11 is 0. The molecular formula is C18H31N5O. The van der Waals surface area contributed by atoms with Crippen LogP contribution in [0.15, 0.2) is 29.3 Å². The molecule has 0 aliphatic rings. The fraction of sp³-hybridized carbons (Fsp3) is 0.556. The van der Waals surface area contributed by atoms with Crippen LogP contribution >= 0.6 is 0 Å². The molecule has 0 radical (unpaired) electrons. The number of likely N-dealkylation sites (N-methyl/N-ethyl adjacent to an activating group) is 1. The van der Waals surface area contributed by atoms with Crippen LogP contribution in [0.1, 0.15) is 29.8 Å². The van der Waals surface area contributed by atoms with Gasteiger partial charge < -0.3 is 20.9 Å². The molecule has 3 N–H and O–H groups in total. The molecule has 6 heteroatoms. The van der Waals surface area contributed by atoms with E-state index < -0.39 is 0 Å². The molecule has 6 nitrogen and oxygen atoms in total. The standard InChI is InChI=1S/C18H31N5O/c1-14(2)12-21-18(19-3)22-13-15-7-6-8-16(11-15)17(24)20-9-10-23(4)5/h6-8,11,14H,9-10,12-13H2,1-5H3,(H,20,24)(H2,19,21,22). The lowest BCUT2D eigenvalue weighted by atomic mass is 10.1. The van der Waals surface area contributed by atoms with E-state index >= 15 is 0 Å². The predicted molar refractivity (Wildman–Crippen MR) is 100 cm³/mol. The van der Waals surface area contributed by atoms with E-state index in [1.165, 1.54) is 0 Å². The zero-order valence-electron chi connectivity index (χ0n) is 15.5. The number of carbonyl (C=O) groups excluding carboxylic acids is 1. The molecule has 0 spiro atoms. The van der Waals surface area contributed by atoms with E-state index in [0.29, 0.717) is 24.6 Å². The summed E-state index contributed by atoms with van der Waals surface area (Å²) in [5, 5.41) is 9.46. The largest absolute Gasteiger partial charge is 0.356 e. The third-order valence-electron chi connectivity index (χ3n) is 3.40. The van der Waals surface area contributed by atoms with E-state index in [1.54, 1.807) is 7.05 Å². The van der Waals surface area contributed by atoms with E-state index in [4.69, 9.17) is 0 Å². The lowest BCUT2D eigenvalue weighted by molar-refractivity contribution is 0.0951. The minimum absolute atomic E-state index is 0.0407. The number of guanidine groups is 1. The topological polar surface area (TPSA) is 68.8 Å². The smallest absolute Gasteiger partial charge is 0.251 e. The van der Waals surface area contributed by atoms with Gasteiger partial charge in [-0.05, 0) is 37.7 Å². The molecule has 0 heterocycles. The van der Waals surface area contributed by atoms with E-state index in [-0.39, 0.29) is 5.91 Å². The van der Waals surface area contributed by atoms with Gasteiger partial charge in [0.2, 0.25) is 0 Å². The van der Waals surface area contributed by atoms with Gasteiger partial charge >= 0.3 is 0 Å². The molecular weight excluding hydrogens is 302 g/mol. The second-order valence-corrected chi connectivity index (χ2v) is 6.46. The molecule has 24 heavy (non-hydrogen) atoms. The summed E-state index contributed by atoms with van der Waals surface area (Å²) < 4.78 is 0. The number of aliphatic imine (C=N–C) groups is 1. The maximum absolute atomic E-state index is 12.2. The van der Waals surface area contributed by atoms with Crippen molar-refractivity contribution >= 4 is 11.9 Å². The van der Waals surface area contributed by atoms with Crippen LogP contribution in [0.2, 0.25) is 0 Å². The number of hydrogen-bond donors (Lipinski definition) is 3. The van der Waals surface area contributed by atoms with Crippen molar-refractivity contribution in [2.75, 3.05) is 40.8 Å². The molecule has 0 saturated heterocycles. The Labute approximate surface area is 145 Å². The molecule has 1 rings (SSSR count). The van der Waals surface area contributed by atoms with Crippen molar-refractivity contribution in [1.29, 1.82) is 0 Å². The summed E-state index contributed by atoms with van der Waals surface area (Å²) in [5.41, 5.74) is 1.72. The first-order valence-corrected chi connectivity index (χ1v) is 8.38. The third-order valence-corrected chi connectivity index (χ3v) is 3.40. The highest BCUT2D eigenvalue weighted by molar-refractivity contribution is 5.94. The van der Waals surface area contributed by atoms with Crippen molar-refractivity contribution in [3.05, 3.63) is 35.4 Å². The Hall–Kier alpha value is -2.08. The van der Waals surface area contributed by atoms with Crippen molar-refractivity contribution in [2.45, 2.75) is 20.4 Å². The molecule has 0 fully saturated rings. The van der Waals surface area contributed by atoms with Crippen LogP contribution in [0.4, 0.5) is 0 Å². The Kier molecular flexibility index (Phi) is 8.86. The molecule has 0 aliphatic carbocycles. The second kappa shape index (κ2) is 10.6. The van der Waals surface area contributed by atoms with Crippen molar-refractivity contribution in [2.24, 2.45) is 10.9 Å². The monoisotopic (exact) mass is 333 g/mol. The summed E-state index contributed by atoms with van der Waals surface area (Å²) in [6.07, 6.45) is 0. The summed E-state index contributed by atoms with van der Waals surface area (Å²) in [4.78, 5) is 18.4. The van der Waals surface area contributed by atoms with Crippen LogP contribution in [0.25, 0.3) is 0 Å². The van der Waals surface area contributed by atoms with Gasteiger partial charge in [-0.2, -0.15) is 0 Å². The maximum Gasteiger partial charge on any atom is 0.251 e. The Bertz CT molecular complexity index is 540. The molecule has 0 bridgehead atoms. The summed E-state index contributed by atoms with van der Waals surface area (Å²) in [7, 11) is 5.72. The molecule has 1 aromatic rings. The van der Waals surface area contributed by atoms with Crippen LogP contribution < -0.4 is 16.0 Å². The highest BCUT2D eigenvalue weighted by atomic mass is 16.1. The predicted octanol–water partition coefficient (Wildman–Crippen LogP) is 1.30. The fourth-order valence-corrected chi connectivity index (χ4v) is 2.02. The molecule has 0 aliphatic heterocycles. The molecule has 1 amide bonds. The lowest BCUT2D eigenvalue weighted by Gasteiger charge is -2.14. The minimum atomic E-state index is -0.0407. The Morgan fingerprint density at radius 1 is 1.21 bits per heavy atom. The van der Waals surface area contributed by atoms with Gasteiger partial charge in [-0.1, -0.05) is 26.0 Å². The SMILES string of the molecule is CN=C(NCc1cccc(C(=O)NCCN(C)C)c1)NCC(C)C. The maximum atomic E-state index is 12.2. The number of benzene rings is 1. The molecule has 1 aromatic carbocycles. The highest BCUT2D eigenvalue weighted by Crippen LogP contribution is 2.05.